The molecule has 1 aromatic rings. The van der Waals surface area contributed by atoms with Gasteiger partial charge >= 0.3 is 0 Å². The highest BCUT2D eigenvalue weighted by atomic mass is 32.1. The maximum Gasteiger partial charge on any atom is 0.135 e. The van der Waals surface area contributed by atoms with Crippen molar-refractivity contribution in [2.24, 2.45) is 0 Å². The number of carbonyl (C=O) groups is 1. The topological polar surface area (TPSA) is 29.1 Å². The lowest BCUT2D eigenvalue weighted by atomic mass is 10.1. The van der Waals surface area contributed by atoms with Crippen LogP contribution >= 0.6 is 24.8 Å². The number of benzene rings is 1. The lowest BCUT2D eigenvalue weighted by molar-refractivity contribution is -0.116. The van der Waals surface area contributed by atoms with Gasteiger partial charge in [-0.1, -0.05) is 44.3 Å². The Balaban J connectivity index is 0.00000106. The zero-order valence-electron chi connectivity index (χ0n) is 9.78. The van der Waals surface area contributed by atoms with E-state index in [1.54, 1.807) is 6.92 Å². The van der Waals surface area contributed by atoms with Crippen LogP contribution in [-0.2, 0) is 11.2 Å². The molecule has 0 saturated carbocycles. The van der Waals surface area contributed by atoms with Crippen molar-refractivity contribution >= 4 is 40.6 Å². The summed E-state index contributed by atoms with van der Waals surface area (Å²) in [4.78, 5) is 11.0. The van der Waals surface area contributed by atoms with E-state index in [4.69, 9.17) is 12.2 Å². The zero-order chi connectivity index (χ0) is 12.6. The van der Waals surface area contributed by atoms with Gasteiger partial charge in [0.25, 0.3) is 0 Å². The van der Waals surface area contributed by atoms with E-state index in [0.29, 0.717) is 10.7 Å². The molecule has 0 heterocycles. The molecule has 0 saturated heterocycles. The number of anilines is 1. The first-order valence-corrected chi connectivity index (χ1v) is 6.02. The van der Waals surface area contributed by atoms with E-state index in [-0.39, 0.29) is 5.78 Å². The fourth-order valence-electron chi connectivity index (χ4n) is 1.18. The largest absolute Gasteiger partial charge is 0.341 e. The van der Waals surface area contributed by atoms with Crippen molar-refractivity contribution in [2.45, 2.75) is 27.2 Å². The molecule has 0 aliphatic heterocycles. The number of Topliss-reactive ketones (excluding diaryl/α,β-unsaturated/α-hetero) is 1. The van der Waals surface area contributed by atoms with Crippen LogP contribution in [0.4, 0.5) is 5.69 Å². The summed E-state index contributed by atoms with van der Waals surface area (Å²) in [5.74, 6) is 0.129. The monoisotopic (exact) mass is 255 g/mol. The second-order valence-corrected chi connectivity index (χ2v) is 4.12. The van der Waals surface area contributed by atoms with Gasteiger partial charge in [-0.3, -0.25) is 4.79 Å². The van der Waals surface area contributed by atoms with Gasteiger partial charge < -0.3 is 5.32 Å². The summed E-state index contributed by atoms with van der Waals surface area (Å²) >= 11 is 8.80. The third-order valence-electron chi connectivity index (χ3n) is 1.70. The van der Waals surface area contributed by atoms with Crippen LogP contribution in [0.2, 0.25) is 0 Å². The van der Waals surface area contributed by atoms with Gasteiger partial charge in [0, 0.05) is 12.1 Å². The lowest BCUT2D eigenvalue weighted by Gasteiger charge is -2.08. The molecule has 0 spiro atoms. The molecule has 1 rings (SSSR count). The van der Waals surface area contributed by atoms with Crippen molar-refractivity contribution in [3.8, 4) is 0 Å². The van der Waals surface area contributed by atoms with E-state index in [2.05, 4.69) is 17.9 Å². The molecule has 0 fully saturated rings. The van der Waals surface area contributed by atoms with Crippen LogP contribution < -0.4 is 5.32 Å². The number of hydrogen-bond acceptors (Lipinski definition) is 2. The summed E-state index contributed by atoms with van der Waals surface area (Å²) in [6.45, 7) is 5.57. The SMILES string of the molecule is CC.CC(=O)Cc1ccccc1NC(=S)S. The second kappa shape index (κ2) is 8.30. The predicted molar refractivity (Wildman–Crippen MR) is 77.4 cm³/mol. The molecule has 0 atom stereocenters. The van der Waals surface area contributed by atoms with Crippen LogP contribution in [0.3, 0.4) is 0 Å². The summed E-state index contributed by atoms with van der Waals surface area (Å²) in [5, 5.41) is 2.92. The number of nitrogens with one attached hydrogen (secondary N) is 1. The third kappa shape index (κ3) is 5.88. The first-order chi connectivity index (χ1) is 7.59. The number of hydrogen-bond donors (Lipinski definition) is 2. The smallest absolute Gasteiger partial charge is 0.135 e. The Hall–Kier alpha value is -0.870. The van der Waals surface area contributed by atoms with Crippen LogP contribution in [0.15, 0.2) is 24.3 Å². The van der Waals surface area contributed by atoms with E-state index in [0.717, 1.165) is 11.3 Å². The third-order valence-corrected chi connectivity index (χ3v) is 1.91. The number of rotatable bonds is 3. The summed E-state index contributed by atoms with van der Waals surface area (Å²) in [6, 6.07) is 7.56. The summed E-state index contributed by atoms with van der Waals surface area (Å²) in [6.07, 6.45) is 0.416. The van der Waals surface area contributed by atoms with E-state index in [1.165, 1.54) is 0 Å². The maximum absolute atomic E-state index is 11.0. The Morgan fingerprint density at radius 2 is 1.94 bits per heavy atom. The standard InChI is InChI=1S/C10H11NOS2.C2H6/c1-7(12)6-8-4-2-3-5-9(8)11-10(13)14;1-2/h2-5H,6H2,1H3,(H2,11,13,14);1-2H3. The Kier molecular flexibility index (Phi) is 7.85. The van der Waals surface area contributed by atoms with E-state index >= 15 is 0 Å². The molecule has 0 unspecified atom stereocenters. The zero-order valence-corrected chi connectivity index (χ0v) is 11.5. The van der Waals surface area contributed by atoms with Crippen molar-refractivity contribution < 1.29 is 4.79 Å². The molecular weight excluding hydrogens is 238 g/mol. The molecule has 0 aliphatic rings. The maximum atomic E-state index is 11.0. The number of thiol groups is 1. The summed E-state index contributed by atoms with van der Waals surface area (Å²) < 4.78 is 0.404. The first kappa shape index (κ1) is 15.1. The fourth-order valence-corrected chi connectivity index (χ4v) is 1.41. The van der Waals surface area contributed by atoms with Crippen LogP contribution in [0.25, 0.3) is 0 Å². The first-order valence-electron chi connectivity index (χ1n) is 5.17. The summed E-state index contributed by atoms with van der Waals surface area (Å²) in [5.41, 5.74) is 1.79. The Bertz CT molecular complexity index is 329. The van der Waals surface area contributed by atoms with Gasteiger partial charge in [0.2, 0.25) is 0 Å². The van der Waals surface area contributed by atoms with Crippen LogP contribution in [0.1, 0.15) is 26.3 Å². The molecule has 2 nitrogen and oxygen atoms in total. The van der Waals surface area contributed by atoms with Crippen molar-refractivity contribution in [1.82, 2.24) is 0 Å². The number of ketones is 1. The van der Waals surface area contributed by atoms with Gasteiger partial charge in [0.1, 0.15) is 10.1 Å². The minimum atomic E-state index is 0.129. The van der Waals surface area contributed by atoms with Gasteiger partial charge in [-0.15, -0.1) is 12.6 Å². The number of para-hydroxylation sites is 1. The fraction of sp³-hybridized carbons (Fsp3) is 0.333. The van der Waals surface area contributed by atoms with Crippen LogP contribution in [0.5, 0.6) is 0 Å². The lowest BCUT2D eigenvalue weighted by Crippen LogP contribution is -2.06. The van der Waals surface area contributed by atoms with Gasteiger partial charge in [-0.05, 0) is 18.6 Å². The van der Waals surface area contributed by atoms with Crippen molar-refractivity contribution in [2.75, 3.05) is 5.32 Å². The van der Waals surface area contributed by atoms with E-state index < -0.39 is 0 Å². The number of carbonyl (C=O) groups excluding carboxylic acids is 1. The minimum absolute atomic E-state index is 0.129. The normalized spacial score (nSPS) is 8.75. The Morgan fingerprint density at radius 3 is 2.44 bits per heavy atom. The van der Waals surface area contributed by atoms with Crippen molar-refractivity contribution in [1.29, 1.82) is 0 Å². The molecule has 0 bridgehead atoms. The molecule has 16 heavy (non-hydrogen) atoms. The van der Waals surface area contributed by atoms with E-state index in [9.17, 15) is 4.79 Å². The molecule has 0 radical (unpaired) electrons. The Labute approximate surface area is 108 Å². The second-order valence-electron chi connectivity index (χ2n) is 2.97. The van der Waals surface area contributed by atoms with Gasteiger partial charge in [-0.2, -0.15) is 0 Å². The minimum Gasteiger partial charge on any atom is -0.341 e. The van der Waals surface area contributed by atoms with Crippen LogP contribution in [0, 0.1) is 0 Å². The average molecular weight is 255 g/mol. The van der Waals surface area contributed by atoms with Crippen molar-refractivity contribution in [3.63, 3.8) is 0 Å². The Morgan fingerprint density at radius 1 is 1.38 bits per heavy atom. The van der Waals surface area contributed by atoms with Crippen molar-refractivity contribution in [3.05, 3.63) is 29.8 Å². The predicted octanol–water partition coefficient (Wildman–Crippen LogP) is 3.47. The molecule has 0 aliphatic carbocycles. The molecule has 0 aromatic heterocycles. The average Bonchev–Trinajstić information content (AvgIpc) is 2.22. The van der Waals surface area contributed by atoms with Gasteiger partial charge in [-0.25, -0.2) is 0 Å². The van der Waals surface area contributed by atoms with Crippen LogP contribution in [-0.4, -0.2) is 10.1 Å². The molecule has 1 aromatic carbocycles. The van der Waals surface area contributed by atoms with E-state index in [1.807, 2.05) is 38.1 Å². The molecular formula is C12H17NOS2. The summed E-state index contributed by atoms with van der Waals surface area (Å²) in [7, 11) is 0. The molecule has 88 valence electrons. The number of thiocarbonyl (C=S) groups is 1. The molecule has 1 N–H and O–H groups in total. The van der Waals surface area contributed by atoms with Gasteiger partial charge in [0.05, 0.1) is 0 Å². The highest BCUT2D eigenvalue weighted by molar-refractivity contribution is 8.11. The molecule has 4 heteroatoms. The molecule has 0 amide bonds. The van der Waals surface area contributed by atoms with Gasteiger partial charge in [0.15, 0.2) is 0 Å². The highest BCUT2D eigenvalue weighted by Gasteiger charge is 2.03. The highest BCUT2D eigenvalue weighted by Crippen LogP contribution is 2.16. The quantitative estimate of drug-likeness (QED) is 0.640.